The number of carboxylic acids is 1. The molecule has 0 radical (unpaired) electrons. The zero-order valence-electron chi connectivity index (χ0n) is 19.0. The zero-order chi connectivity index (χ0) is 25.0. The van der Waals surface area contributed by atoms with Crippen molar-refractivity contribution in [2.45, 2.75) is 26.8 Å². The van der Waals surface area contributed by atoms with Crippen molar-refractivity contribution in [1.82, 2.24) is 0 Å². The summed E-state index contributed by atoms with van der Waals surface area (Å²) >= 11 is 0. The van der Waals surface area contributed by atoms with E-state index in [1.54, 1.807) is 19.1 Å². The number of fused-ring (bicyclic) bond motifs is 2. The summed E-state index contributed by atoms with van der Waals surface area (Å²) in [5.74, 6) is -3.25. The van der Waals surface area contributed by atoms with Crippen molar-refractivity contribution in [3.63, 3.8) is 0 Å². The zero-order valence-corrected chi connectivity index (χ0v) is 19.0. The Morgan fingerprint density at radius 2 is 1.94 bits per heavy atom. The Labute approximate surface area is 198 Å². The monoisotopic (exact) mass is 476 g/mol. The number of anilines is 1. The molecular weight excluding hydrogens is 456 g/mol. The van der Waals surface area contributed by atoms with Gasteiger partial charge in [0.25, 0.3) is 0 Å². The summed E-state index contributed by atoms with van der Waals surface area (Å²) in [5, 5.41) is 12.7. The van der Waals surface area contributed by atoms with Crippen molar-refractivity contribution in [3.05, 3.63) is 92.6 Å². The van der Waals surface area contributed by atoms with Crippen LogP contribution >= 0.6 is 0 Å². The third-order valence-corrected chi connectivity index (χ3v) is 5.90. The maximum absolute atomic E-state index is 14.2. The average Bonchev–Trinajstić information content (AvgIpc) is 3.35. The van der Waals surface area contributed by atoms with E-state index >= 15 is 0 Å². The van der Waals surface area contributed by atoms with Crippen LogP contribution in [0, 0.1) is 18.6 Å². The number of benzene rings is 2. The second-order valence-corrected chi connectivity index (χ2v) is 8.49. The number of allylic oxidation sites excluding steroid dienone is 2. The van der Waals surface area contributed by atoms with Gasteiger partial charge in [-0.25, -0.2) is 13.6 Å². The molecular formula is C26H20F2N3O4+. The smallest absolute Gasteiger partial charge is 0.340 e. The SMILES string of the molecule is CC1=NC2=CC=C(c3cc(=O)c4cc(C)cc(C(C)Nc5ccc(F)c(F)c5C(=O)O)c4o3)[N+]2=C1. The molecule has 0 saturated heterocycles. The first-order chi connectivity index (χ1) is 16.6. The minimum absolute atomic E-state index is 0.0938. The van der Waals surface area contributed by atoms with Crippen molar-refractivity contribution in [2.24, 2.45) is 4.99 Å². The molecule has 1 aromatic heterocycles. The standard InChI is InChI=1S/C26H19F2N3O4/c1-12-8-15(14(3)30-18-5-4-17(27)24(28)23(18)26(33)34)25-16(9-12)20(32)10-21(35-25)19-6-7-22-29-13(2)11-31(19)22/h4-11,14,30H,1-3H3/p+1. The third-order valence-electron chi connectivity index (χ3n) is 5.90. The molecule has 0 spiro atoms. The van der Waals surface area contributed by atoms with Crippen LogP contribution in [0.3, 0.4) is 0 Å². The van der Waals surface area contributed by atoms with Gasteiger partial charge in [0.1, 0.15) is 17.4 Å². The lowest BCUT2D eigenvalue weighted by Gasteiger charge is -2.19. The normalized spacial score (nSPS) is 15.3. The summed E-state index contributed by atoms with van der Waals surface area (Å²) in [7, 11) is 0. The summed E-state index contributed by atoms with van der Waals surface area (Å²) in [4.78, 5) is 29.1. The van der Waals surface area contributed by atoms with Crippen molar-refractivity contribution in [1.29, 1.82) is 0 Å². The molecule has 2 aromatic carbocycles. The highest BCUT2D eigenvalue weighted by molar-refractivity contribution is 6.29. The van der Waals surface area contributed by atoms with Crippen molar-refractivity contribution in [3.8, 4) is 0 Å². The predicted octanol–water partition coefficient (Wildman–Crippen LogP) is 5.00. The highest BCUT2D eigenvalue weighted by Gasteiger charge is 2.31. The minimum Gasteiger partial charge on any atom is -0.478 e. The molecule has 0 amide bonds. The van der Waals surface area contributed by atoms with Gasteiger partial charge in [-0.15, -0.1) is 0 Å². The van der Waals surface area contributed by atoms with Crippen LogP contribution in [-0.2, 0) is 0 Å². The number of aromatic carboxylic acids is 1. The molecule has 7 nitrogen and oxygen atoms in total. The molecule has 176 valence electrons. The summed E-state index contributed by atoms with van der Waals surface area (Å²) < 4.78 is 35.9. The van der Waals surface area contributed by atoms with Gasteiger partial charge >= 0.3 is 11.8 Å². The number of hydrogen-bond donors (Lipinski definition) is 2. The van der Waals surface area contributed by atoms with Crippen LogP contribution in [0.4, 0.5) is 14.5 Å². The molecule has 1 atom stereocenters. The van der Waals surface area contributed by atoms with E-state index in [1.807, 2.05) is 36.8 Å². The average molecular weight is 476 g/mol. The highest BCUT2D eigenvalue weighted by Crippen LogP contribution is 2.33. The molecule has 2 aliphatic heterocycles. The molecule has 35 heavy (non-hydrogen) atoms. The molecule has 3 aromatic rings. The fraction of sp³-hybridized carbons (Fsp3) is 0.154. The third kappa shape index (κ3) is 3.74. The Kier molecular flexibility index (Phi) is 5.20. The van der Waals surface area contributed by atoms with Crippen molar-refractivity contribution in [2.75, 3.05) is 5.32 Å². The van der Waals surface area contributed by atoms with E-state index in [-0.39, 0.29) is 11.1 Å². The van der Waals surface area contributed by atoms with Crippen LogP contribution < -0.4 is 10.7 Å². The fourth-order valence-corrected chi connectivity index (χ4v) is 4.33. The molecule has 2 N–H and O–H groups in total. The number of carboxylic acid groups (broad SMARTS) is 1. The van der Waals surface area contributed by atoms with Crippen LogP contribution in [0.15, 0.2) is 62.5 Å². The largest absolute Gasteiger partial charge is 0.478 e. The molecule has 0 aliphatic carbocycles. The Morgan fingerprint density at radius 3 is 2.69 bits per heavy atom. The minimum atomic E-state index is -1.60. The molecule has 2 aliphatic rings. The van der Waals surface area contributed by atoms with Gasteiger partial charge in [-0.1, -0.05) is 6.07 Å². The van der Waals surface area contributed by atoms with Gasteiger partial charge in [-0.05, 0) is 48.7 Å². The number of hydrogen-bond acceptors (Lipinski definition) is 5. The fourth-order valence-electron chi connectivity index (χ4n) is 4.33. The second-order valence-electron chi connectivity index (χ2n) is 8.49. The molecule has 3 heterocycles. The summed E-state index contributed by atoms with van der Waals surface area (Å²) in [5.41, 5.74) is 1.98. The van der Waals surface area contributed by atoms with E-state index in [1.165, 1.54) is 12.1 Å². The topological polar surface area (TPSA) is 94.9 Å². The number of aliphatic imine (C=N–C) groups is 1. The molecule has 0 bridgehead atoms. The Morgan fingerprint density at radius 1 is 1.17 bits per heavy atom. The number of rotatable bonds is 5. The number of nitrogens with one attached hydrogen (secondary N) is 1. The van der Waals surface area contributed by atoms with E-state index in [0.29, 0.717) is 28.0 Å². The number of carbonyl (C=O) groups is 1. The quantitative estimate of drug-likeness (QED) is 0.505. The Hall–Kier alpha value is -4.40. The maximum Gasteiger partial charge on any atom is 0.340 e. The van der Waals surface area contributed by atoms with E-state index < -0.39 is 29.2 Å². The van der Waals surface area contributed by atoms with Gasteiger partial charge in [0.05, 0.1) is 17.1 Å². The van der Waals surface area contributed by atoms with Gasteiger partial charge in [-0.2, -0.15) is 4.58 Å². The number of halogens is 2. The van der Waals surface area contributed by atoms with Crippen LogP contribution in [0.2, 0.25) is 0 Å². The van der Waals surface area contributed by atoms with E-state index in [9.17, 15) is 23.5 Å². The summed E-state index contributed by atoms with van der Waals surface area (Å²) in [6.45, 7) is 5.40. The number of nitrogens with zero attached hydrogens (tertiary/aromatic N) is 2. The van der Waals surface area contributed by atoms with Crippen molar-refractivity contribution < 1.29 is 27.7 Å². The van der Waals surface area contributed by atoms with E-state index in [4.69, 9.17) is 4.42 Å². The van der Waals surface area contributed by atoms with Crippen LogP contribution in [0.25, 0.3) is 16.7 Å². The maximum atomic E-state index is 14.2. The van der Waals surface area contributed by atoms with Gasteiger partial charge in [-0.3, -0.25) is 4.79 Å². The highest BCUT2D eigenvalue weighted by atomic mass is 19.2. The van der Waals surface area contributed by atoms with Gasteiger partial charge in [0, 0.05) is 24.6 Å². The lowest BCUT2D eigenvalue weighted by molar-refractivity contribution is -0.361. The molecule has 5 rings (SSSR count). The molecule has 0 fully saturated rings. The Bertz CT molecular complexity index is 1630. The first-order valence-corrected chi connectivity index (χ1v) is 10.8. The summed E-state index contributed by atoms with van der Waals surface area (Å²) in [6.07, 6.45) is 5.47. The molecule has 0 saturated carbocycles. The predicted molar refractivity (Wildman–Crippen MR) is 128 cm³/mol. The second kappa shape index (κ2) is 8.12. The lowest BCUT2D eigenvalue weighted by Crippen LogP contribution is -2.15. The number of aryl methyl sites for hydroxylation is 1. The summed E-state index contributed by atoms with van der Waals surface area (Å²) in [6, 6.07) is 6.34. The molecule has 9 heteroatoms. The van der Waals surface area contributed by atoms with E-state index in [2.05, 4.69) is 10.3 Å². The lowest BCUT2D eigenvalue weighted by atomic mass is 10.0. The Balaban J connectivity index is 1.61. The van der Waals surface area contributed by atoms with Crippen LogP contribution in [0.5, 0.6) is 0 Å². The van der Waals surface area contributed by atoms with E-state index in [0.717, 1.165) is 23.2 Å². The van der Waals surface area contributed by atoms with Crippen LogP contribution in [-0.4, -0.2) is 27.6 Å². The first-order valence-electron chi connectivity index (χ1n) is 10.8. The first kappa shape index (κ1) is 22.4. The molecule has 1 unspecified atom stereocenters. The van der Waals surface area contributed by atoms with Crippen molar-refractivity contribution >= 4 is 40.2 Å². The van der Waals surface area contributed by atoms with Gasteiger partial charge in [0.15, 0.2) is 34.2 Å². The van der Waals surface area contributed by atoms with Gasteiger partial charge < -0.3 is 14.8 Å². The van der Waals surface area contributed by atoms with Crippen LogP contribution in [0.1, 0.15) is 47.1 Å². The van der Waals surface area contributed by atoms with Gasteiger partial charge in [0.2, 0.25) is 0 Å².